The Kier molecular flexibility index (Phi) is 5.44. The van der Waals surface area contributed by atoms with Gasteiger partial charge >= 0.3 is 0 Å². The molecule has 0 radical (unpaired) electrons. The van der Waals surface area contributed by atoms with Crippen LogP contribution in [0.25, 0.3) is 0 Å². The number of benzene rings is 1. The monoisotopic (exact) mass is 324 g/mol. The second kappa shape index (κ2) is 7.09. The van der Waals surface area contributed by atoms with Crippen molar-refractivity contribution in [2.24, 2.45) is 5.92 Å². The molecule has 0 bridgehead atoms. The molecule has 0 spiro atoms. The van der Waals surface area contributed by atoms with Gasteiger partial charge in [-0.05, 0) is 29.7 Å². The number of halogens is 1. The van der Waals surface area contributed by atoms with E-state index < -0.39 is 0 Å². The Hall–Kier alpha value is -0.830. The zero-order valence-corrected chi connectivity index (χ0v) is 13.0. The van der Waals surface area contributed by atoms with Gasteiger partial charge in [0.2, 0.25) is 0 Å². The van der Waals surface area contributed by atoms with E-state index in [1.54, 1.807) is 7.11 Å². The van der Waals surface area contributed by atoms with Crippen LogP contribution in [-0.4, -0.2) is 12.9 Å². The van der Waals surface area contributed by atoms with Gasteiger partial charge in [-0.25, -0.2) is 0 Å². The molecular weight excluding hydrogens is 304 g/mol. The van der Waals surface area contributed by atoms with E-state index in [9.17, 15) is 4.79 Å². The third kappa shape index (κ3) is 4.34. The Balaban J connectivity index is 1.94. The van der Waals surface area contributed by atoms with Crippen LogP contribution < -0.4 is 4.74 Å². The molecule has 1 saturated carbocycles. The summed E-state index contributed by atoms with van der Waals surface area (Å²) in [6.07, 6.45) is 7.63. The van der Waals surface area contributed by atoms with Crippen LogP contribution in [-0.2, 0) is 11.2 Å². The van der Waals surface area contributed by atoms with Crippen molar-refractivity contribution in [3.05, 3.63) is 28.2 Å². The Labute approximate surface area is 123 Å². The lowest BCUT2D eigenvalue weighted by Crippen LogP contribution is -2.13. The highest BCUT2D eigenvalue weighted by molar-refractivity contribution is 9.10. The molecule has 3 heteroatoms. The molecule has 0 aromatic heterocycles. The number of carbonyl (C=O) groups excluding carboxylic acids is 1. The van der Waals surface area contributed by atoms with Crippen molar-refractivity contribution in [1.29, 1.82) is 0 Å². The highest BCUT2D eigenvalue weighted by Crippen LogP contribution is 2.28. The van der Waals surface area contributed by atoms with Crippen LogP contribution in [0.15, 0.2) is 22.7 Å². The molecule has 0 aliphatic heterocycles. The Morgan fingerprint density at radius 2 is 2.05 bits per heavy atom. The first-order valence-electron chi connectivity index (χ1n) is 7.03. The summed E-state index contributed by atoms with van der Waals surface area (Å²) in [7, 11) is 1.65. The van der Waals surface area contributed by atoms with Gasteiger partial charge < -0.3 is 4.74 Å². The van der Waals surface area contributed by atoms with E-state index in [0.29, 0.717) is 18.1 Å². The van der Waals surface area contributed by atoms with Gasteiger partial charge in [0.25, 0.3) is 0 Å². The molecule has 1 fully saturated rings. The number of hydrogen-bond donors (Lipinski definition) is 0. The van der Waals surface area contributed by atoms with Crippen LogP contribution in [0.1, 0.15) is 44.1 Å². The average molecular weight is 325 g/mol. The van der Waals surface area contributed by atoms with E-state index in [4.69, 9.17) is 4.74 Å². The predicted octanol–water partition coefficient (Wildman–Crippen LogP) is 4.54. The van der Waals surface area contributed by atoms with Gasteiger partial charge in [-0.15, -0.1) is 0 Å². The number of ketones is 1. The van der Waals surface area contributed by atoms with Crippen molar-refractivity contribution >= 4 is 21.7 Å². The van der Waals surface area contributed by atoms with Crippen molar-refractivity contribution in [2.75, 3.05) is 7.11 Å². The summed E-state index contributed by atoms with van der Waals surface area (Å²) < 4.78 is 6.20. The third-order valence-corrected chi connectivity index (χ3v) is 4.66. The molecule has 0 atom stereocenters. The molecule has 2 rings (SSSR count). The fourth-order valence-electron chi connectivity index (χ4n) is 2.81. The van der Waals surface area contributed by atoms with Gasteiger partial charge in [-0.1, -0.05) is 48.0 Å². The minimum Gasteiger partial charge on any atom is -0.497 e. The summed E-state index contributed by atoms with van der Waals surface area (Å²) in [5.74, 6) is 1.77. The molecule has 0 saturated heterocycles. The summed E-state index contributed by atoms with van der Waals surface area (Å²) in [4.78, 5) is 12.2. The van der Waals surface area contributed by atoms with Gasteiger partial charge in [-0.3, -0.25) is 4.79 Å². The van der Waals surface area contributed by atoms with Crippen LogP contribution in [0.4, 0.5) is 0 Å². The van der Waals surface area contributed by atoms with E-state index in [1.165, 1.54) is 32.1 Å². The lowest BCUT2D eigenvalue weighted by Gasteiger charge is -2.20. The number of carbonyl (C=O) groups is 1. The van der Waals surface area contributed by atoms with E-state index >= 15 is 0 Å². The number of rotatable bonds is 5. The molecular formula is C16H21BrO2. The highest BCUT2D eigenvalue weighted by Gasteiger charge is 2.17. The predicted molar refractivity (Wildman–Crippen MR) is 80.6 cm³/mol. The van der Waals surface area contributed by atoms with Gasteiger partial charge in [0.05, 0.1) is 7.11 Å². The molecule has 1 aliphatic rings. The second-order valence-corrected chi connectivity index (χ2v) is 6.24. The number of methoxy groups -OCH3 is 1. The molecule has 0 unspecified atom stereocenters. The highest BCUT2D eigenvalue weighted by atomic mass is 79.9. The van der Waals surface area contributed by atoms with Crippen molar-refractivity contribution in [2.45, 2.75) is 44.9 Å². The normalized spacial score (nSPS) is 16.3. The maximum absolute atomic E-state index is 12.2. The smallest absolute Gasteiger partial charge is 0.137 e. The van der Waals surface area contributed by atoms with E-state index in [0.717, 1.165) is 22.2 Å². The van der Waals surface area contributed by atoms with E-state index in [1.807, 2.05) is 18.2 Å². The van der Waals surface area contributed by atoms with Crippen LogP contribution in [0, 0.1) is 5.92 Å². The Morgan fingerprint density at radius 3 is 2.74 bits per heavy atom. The largest absolute Gasteiger partial charge is 0.497 e. The van der Waals surface area contributed by atoms with Gasteiger partial charge in [0, 0.05) is 17.3 Å². The molecule has 1 aromatic rings. The number of Topliss-reactive ketones (excluding diaryl/α,β-unsaturated/α-hetero) is 1. The van der Waals surface area contributed by atoms with Crippen molar-refractivity contribution in [3.63, 3.8) is 0 Å². The lowest BCUT2D eigenvalue weighted by atomic mass is 9.85. The molecule has 104 valence electrons. The second-order valence-electron chi connectivity index (χ2n) is 5.38. The molecule has 1 aromatic carbocycles. The van der Waals surface area contributed by atoms with Crippen molar-refractivity contribution in [1.82, 2.24) is 0 Å². The lowest BCUT2D eigenvalue weighted by molar-refractivity contribution is -0.119. The summed E-state index contributed by atoms with van der Waals surface area (Å²) >= 11 is 3.51. The zero-order chi connectivity index (χ0) is 13.7. The van der Waals surface area contributed by atoms with Crippen LogP contribution in [0.2, 0.25) is 0 Å². The van der Waals surface area contributed by atoms with Gasteiger partial charge in [0.15, 0.2) is 0 Å². The molecule has 1 aliphatic carbocycles. The standard InChI is InChI=1S/C16H21BrO2/c1-19-15-7-8-16(17)13(11-15)10-14(18)9-12-5-3-2-4-6-12/h7-8,11-12H,2-6,9-10H2,1H3. The molecule has 0 amide bonds. The molecule has 2 nitrogen and oxygen atoms in total. The van der Waals surface area contributed by atoms with Crippen LogP contribution in [0.3, 0.4) is 0 Å². The maximum Gasteiger partial charge on any atom is 0.137 e. The summed E-state index contributed by atoms with van der Waals surface area (Å²) in [6, 6.07) is 5.80. The van der Waals surface area contributed by atoms with E-state index in [-0.39, 0.29) is 0 Å². The average Bonchev–Trinajstić information content (AvgIpc) is 2.42. The molecule has 19 heavy (non-hydrogen) atoms. The van der Waals surface area contributed by atoms with Crippen molar-refractivity contribution < 1.29 is 9.53 Å². The van der Waals surface area contributed by atoms with Crippen molar-refractivity contribution in [3.8, 4) is 5.75 Å². The van der Waals surface area contributed by atoms with Crippen LogP contribution in [0.5, 0.6) is 5.75 Å². The fraction of sp³-hybridized carbons (Fsp3) is 0.562. The minimum absolute atomic E-state index is 0.348. The molecule has 0 N–H and O–H groups in total. The number of ether oxygens (including phenoxy) is 1. The first-order chi connectivity index (χ1) is 9.19. The zero-order valence-electron chi connectivity index (χ0n) is 11.5. The maximum atomic E-state index is 12.2. The Bertz CT molecular complexity index is 436. The van der Waals surface area contributed by atoms with Crippen LogP contribution >= 0.6 is 15.9 Å². The topological polar surface area (TPSA) is 26.3 Å². The first-order valence-corrected chi connectivity index (χ1v) is 7.82. The summed E-state index contributed by atoms with van der Waals surface area (Å²) in [5, 5.41) is 0. The van der Waals surface area contributed by atoms with E-state index in [2.05, 4.69) is 15.9 Å². The quantitative estimate of drug-likeness (QED) is 0.794. The summed E-state index contributed by atoms with van der Waals surface area (Å²) in [5.41, 5.74) is 1.03. The minimum atomic E-state index is 0.348. The first kappa shape index (κ1) is 14.6. The molecule has 0 heterocycles. The SMILES string of the molecule is COc1ccc(Br)c(CC(=O)CC2CCCCC2)c1. The fourth-order valence-corrected chi connectivity index (χ4v) is 3.20. The third-order valence-electron chi connectivity index (χ3n) is 3.88. The van der Waals surface area contributed by atoms with Gasteiger partial charge in [0.1, 0.15) is 11.5 Å². The summed E-state index contributed by atoms with van der Waals surface area (Å²) in [6.45, 7) is 0. The van der Waals surface area contributed by atoms with Gasteiger partial charge in [-0.2, -0.15) is 0 Å². The number of hydrogen-bond acceptors (Lipinski definition) is 2. The Morgan fingerprint density at radius 1 is 1.32 bits per heavy atom.